The summed E-state index contributed by atoms with van der Waals surface area (Å²) in [7, 11) is -3.54. The molecule has 1 fully saturated rings. The van der Waals surface area contributed by atoms with Gasteiger partial charge >= 0.3 is 0 Å². The summed E-state index contributed by atoms with van der Waals surface area (Å²) in [5.74, 6) is 0.420. The molecular formula is C13H19ClN2O2S. The topological polar surface area (TPSA) is 72.2 Å². The molecule has 0 bridgehead atoms. The number of halogens is 1. The first-order chi connectivity index (χ1) is 8.76. The van der Waals surface area contributed by atoms with Crippen molar-refractivity contribution in [2.45, 2.75) is 43.7 Å². The van der Waals surface area contributed by atoms with Crippen LogP contribution in [0, 0.1) is 5.92 Å². The van der Waals surface area contributed by atoms with Gasteiger partial charge in [-0.15, -0.1) is 0 Å². The summed E-state index contributed by atoms with van der Waals surface area (Å²) in [6, 6.07) is 4.61. The lowest BCUT2D eigenvalue weighted by Crippen LogP contribution is -2.45. The molecule has 1 aliphatic rings. The zero-order chi connectivity index (χ0) is 14.3. The Morgan fingerprint density at radius 2 is 2.05 bits per heavy atom. The highest BCUT2D eigenvalue weighted by Crippen LogP contribution is 2.40. The van der Waals surface area contributed by atoms with Gasteiger partial charge in [-0.1, -0.05) is 11.6 Å². The standard InChI is InChI=1S/C13H19ClN2O2S/c1-13(2,10-3-4-10)16-19(17,18)11-5-6-12(14)9(7-11)8-15/h5-7,10,16H,3-4,8,15H2,1-2H3. The highest BCUT2D eigenvalue weighted by atomic mass is 35.5. The van der Waals surface area contributed by atoms with Gasteiger partial charge in [-0.3, -0.25) is 0 Å². The van der Waals surface area contributed by atoms with Gasteiger partial charge in [0.2, 0.25) is 10.0 Å². The van der Waals surface area contributed by atoms with Crippen LogP contribution in [0.5, 0.6) is 0 Å². The van der Waals surface area contributed by atoms with Crippen LogP contribution in [0.3, 0.4) is 0 Å². The summed E-state index contributed by atoms with van der Waals surface area (Å²) in [6.45, 7) is 4.05. The average Bonchev–Trinajstić information content (AvgIpc) is 3.11. The van der Waals surface area contributed by atoms with Crippen molar-refractivity contribution in [1.29, 1.82) is 0 Å². The number of benzene rings is 1. The zero-order valence-corrected chi connectivity index (χ0v) is 12.7. The average molecular weight is 303 g/mol. The second-order valence-electron chi connectivity index (χ2n) is 5.56. The fraction of sp³-hybridized carbons (Fsp3) is 0.538. The number of hydrogen-bond donors (Lipinski definition) is 2. The van der Waals surface area contributed by atoms with Crippen molar-refractivity contribution in [3.05, 3.63) is 28.8 Å². The Kier molecular flexibility index (Phi) is 3.93. The summed E-state index contributed by atoms with van der Waals surface area (Å²) in [4.78, 5) is 0.214. The number of nitrogens with two attached hydrogens (primary N) is 1. The van der Waals surface area contributed by atoms with Crippen molar-refractivity contribution in [2.24, 2.45) is 11.7 Å². The van der Waals surface area contributed by atoms with Gasteiger partial charge < -0.3 is 5.73 Å². The van der Waals surface area contributed by atoms with E-state index >= 15 is 0 Å². The van der Waals surface area contributed by atoms with Crippen LogP contribution in [0.2, 0.25) is 5.02 Å². The Balaban J connectivity index is 2.29. The summed E-state index contributed by atoms with van der Waals surface area (Å²) >= 11 is 5.94. The predicted octanol–water partition coefficient (Wildman–Crippen LogP) is 2.27. The fourth-order valence-corrected chi connectivity index (χ4v) is 3.88. The van der Waals surface area contributed by atoms with Crippen molar-refractivity contribution in [1.82, 2.24) is 4.72 Å². The maximum Gasteiger partial charge on any atom is 0.241 e. The SMILES string of the molecule is CC(C)(NS(=O)(=O)c1ccc(Cl)c(CN)c1)C1CC1. The van der Waals surface area contributed by atoms with Crippen LogP contribution >= 0.6 is 11.6 Å². The van der Waals surface area contributed by atoms with E-state index in [0.29, 0.717) is 16.5 Å². The Morgan fingerprint density at radius 3 is 2.58 bits per heavy atom. The van der Waals surface area contributed by atoms with E-state index in [0.717, 1.165) is 12.8 Å². The molecule has 1 aliphatic carbocycles. The Bertz CT molecular complexity index is 580. The third-order valence-corrected chi connectivity index (χ3v) is 5.58. The number of rotatable bonds is 5. The monoisotopic (exact) mass is 302 g/mol. The minimum atomic E-state index is -3.54. The van der Waals surface area contributed by atoms with E-state index in [2.05, 4.69) is 4.72 Å². The molecule has 2 rings (SSSR count). The largest absolute Gasteiger partial charge is 0.326 e. The summed E-state index contributed by atoms with van der Waals surface area (Å²) in [5, 5.41) is 0.489. The van der Waals surface area contributed by atoms with E-state index in [1.54, 1.807) is 6.07 Å². The van der Waals surface area contributed by atoms with E-state index in [4.69, 9.17) is 17.3 Å². The molecule has 0 amide bonds. The van der Waals surface area contributed by atoms with Crippen LogP contribution < -0.4 is 10.5 Å². The van der Waals surface area contributed by atoms with Gasteiger partial charge in [0.15, 0.2) is 0 Å². The highest BCUT2D eigenvalue weighted by Gasteiger charge is 2.40. The molecule has 1 aromatic rings. The number of hydrogen-bond acceptors (Lipinski definition) is 3. The molecule has 4 nitrogen and oxygen atoms in total. The van der Waals surface area contributed by atoms with E-state index < -0.39 is 15.6 Å². The van der Waals surface area contributed by atoms with Crippen LogP contribution in [0.25, 0.3) is 0 Å². The van der Waals surface area contributed by atoms with Gasteiger partial charge in [0.1, 0.15) is 0 Å². The molecular weight excluding hydrogens is 284 g/mol. The first kappa shape index (κ1) is 14.8. The van der Waals surface area contributed by atoms with Crippen molar-refractivity contribution >= 4 is 21.6 Å². The lowest BCUT2D eigenvalue weighted by Gasteiger charge is -2.25. The van der Waals surface area contributed by atoms with Crippen LogP contribution in [0.15, 0.2) is 23.1 Å². The van der Waals surface area contributed by atoms with Gasteiger partial charge in [-0.2, -0.15) is 0 Å². The molecule has 1 aromatic carbocycles. The lowest BCUT2D eigenvalue weighted by atomic mass is 10.0. The maximum atomic E-state index is 12.4. The van der Waals surface area contributed by atoms with Crippen LogP contribution in [-0.4, -0.2) is 14.0 Å². The Morgan fingerprint density at radius 1 is 1.42 bits per heavy atom. The van der Waals surface area contributed by atoms with E-state index in [1.807, 2.05) is 13.8 Å². The smallest absolute Gasteiger partial charge is 0.241 e. The first-order valence-electron chi connectivity index (χ1n) is 6.29. The van der Waals surface area contributed by atoms with Gasteiger partial charge in [0.25, 0.3) is 0 Å². The van der Waals surface area contributed by atoms with Gasteiger partial charge in [0, 0.05) is 17.1 Å². The van der Waals surface area contributed by atoms with Gasteiger partial charge in [0.05, 0.1) is 4.90 Å². The normalized spacial score (nSPS) is 16.6. The molecule has 0 aromatic heterocycles. The number of sulfonamides is 1. The van der Waals surface area contributed by atoms with Crippen LogP contribution in [-0.2, 0) is 16.6 Å². The van der Waals surface area contributed by atoms with Gasteiger partial charge in [-0.25, -0.2) is 13.1 Å². The molecule has 0 radical (unpaired) electrons. The minimum absolute atomic E-state index is 0.214. The zero-order valence-electron chi connectivity index (χ0n) is 11.1. The van der Waals surface area contributed by atoms with E-state index in [1.165, 1.54) is 12.1 Å². The first-order valence-corrected chi connectivity index (χ1v) is 8.15. The minimum Gasteiger partial charge on any atom is -0.326 e. The molecule has 0 spiro atoms. The van der Waals surface area contributed by atoms with Crippen LogP contribution in [0.1, 0.15) is 32.3 Å². The number of nitrogens with one attached hydrogen (secondary N) is 1. The Hall–Kier alpha value is -0.620. The molecule has 0 atom stereocenters. The van der Waals surface area contributed by atoms with Crippen molar-refractivity contribution < 1.29 is 8.42 Å². The molecule has 106 valence electrons. The highest BCUT2D eigenvalue weighted by molar-refractivity contribution is 7.89. The molecule has 0 saturated heterocycles. The Labute approximate surface area is 119 Å². The molecule has 19 heavy (non-hydrogen) atoms. The summed E-state index contributed by atoms with van der Waals surface area (Å²) in [5.41, 5.74) is 5.77. The molecule has 3 N–H and O–H groups in total. The van der Waals surface area contributed by atoms with Crippen molar-refractivity contribution in [3.63, 3.8) is 0 Å². The molecule has 6 heteroatoms. The second kappa shape index (κ2) is 5.05. The molecule has 0 heterocycles. The summed E-state index contributed by atoms with van der Waals surface area (Å²) in [6.07, 6.45) is 2.15. The molecule has 0 aliphatic heterocycles. The molecule has 0 unspecified atom stereocenters. The van der Waals surface area contributed by atoms with Crippen molar-refractivity contribution in [2.75, 3.05) is 0 Å². The van der Waals surface area contributed by atoms with E-state index in [-0.39, 0.29) is 11.4 Å². The third-order valence-electron chi connectivity index (χ3n) is 3.54. The lowest BCUT2D eigenvalue weighted by molar-refractivity contribution is 0.400. The fourth-order valence-electron chi connectivity index (χ4n) is 2.17. The quantitative estimate of drug-likeness (QED) is 0.876. The maximum absolute atomic E-state index is 12.4. The molecule has 1 saturated carbocycles. The van der Waals surface area contributed by atoms with Crippen molar-refractivity contribution in [3.8, 4) is 0 Å². The predicted molar refractivity (Wildman–Crippen MR) is 76.5 cm³/mol. The van der Waals surface area contributed by atoms with Crippen LogP contribution in [0.4, 0.5) is 0 Å². The van der Waals surface area contributed by atoms with Gasteiger partial charge in [-0.05, 0) is 56.4 Å². The van der Waals surface area contributed by atoms with E-state index in [9.17, 15) is 8.42 Å². The third kappa shape index (κ3) is 3.28. The summed E-state index contributed by atoms with van der Waals surface area (Å²) < 4.78 is 27.5. The second-order valence-corrected chi connectivity index (χ2v) is 7.65.